The lowest BCUT2D eigenvalue weighted by molar-refractivity contribution is -0.0267. The van der Waals surface area contributed by atoms with Crippen LogP contribution < -0.4 is 10.9 Å². The van der Waals surface area contributed by atoms with Crippen LogP contribution in [0.1, 0.15) is 58.3 Å². The van der Waals surface area contributed by atoms with Gasteiger partial charge in [0.05, 0.1) is 0 Å². The van der Waals surface area contributed by atoms with Crippen molar-refractivity contribution >= 4 is 12.4 Å². The first kappa shape index (κ1) is 13.6. The van der Waals surface area contributed by atoms with Crippen molar-refractivity contribution < 1.29 is 0 Å². The molecule has 0 atom stereocenters. The Morgan fingerprint density at radius 2 is 1.53 bits per heavy atom. The van der Waals surface area contributed by atoms with E-state index < -0.39 is 0 Å². The van der Waals surface area contributed by atoms with E-state index in [9.17, 15) is 0 Å². The molecule has 0 aromatic rings. The van der Waals surface area contributed by atoms with Gasteiger partial charge in [0, 0.05) is 12.1 Å². The van der Waals surface area contributed by atoms with Crippen LogP contribution in [0.3, 0.4) is 0 Å². The first-order valence-electron chi connectivity index (χ1n) is 7.30. The molecular weight excluding hydrogens is 232 g/mol. The van der Waals surface area contributed by atoms with E-state index in [-0.39, 0.29) is 12.4 Å². The summed E-state index contributed by atoms with van der Waals surface area (Å²) in [7, 11) is 0. The summed E-state index contributed by atoms with van der Waals surface area (Å²) in [6.07, 6.45) is 11.5. The number of hydrogen-bond acceptors (Lipinski definition) is 2. The Morgan fingerprint density at radius 3 is 2.00 bits per heavy atom. The topological polar surface area (TPSA) is 24.1 Å². The molecule has 0 amide bonds. The van der Waals surface area contributed by atoms with Gasteiger partial charge in [-0.2, -0.15) is 0 Å². The average molecular weight is 259 g/mol. The molecule has 4 bridgehead atoms. The second kappa shape index (κ2) is 5.46. The third-order valence-electron chi connectivity index (χ3n) is 5.05. The van der Waals surface area contributed by atoms with Crippen LogP contribution in [-0.4, -0.2) is 12.1 Å². The molecule has 4 aliphatic carbocycles. The second-order valence-electron chi connectivity index (χ2n) is 6.60. The van der Waals surface area contributed by atoms with Crippen LogP contribution in [-0.2, 0) is 0 Å². The first-order valence-corrected chi connectivity index (χ1v) is 7.30. The number of hydrazine groups is 1. The van der Waals surface area contributed by atoms with Crippen molar-refractivity contribution in [3.05, 3.63) is 0 Å². The standard InChI is InChI=1S/C14H26N2.ClH/c1-2-3-4-15-16-14-8-11-5-12(9-14)7-13(6-11)10-14;/h11-13,15-16H,2-10H2,1H3;1H. The van der Waals surface area contributed by atoms with Crippen LogP contribution in [0, 0.1) is 17.8 Å². The van der Waals surface area contributed by atoms with Gasteiger partial charge in [0.25, 0.3) is 0 Å². The molecule has 17 heavy (non-hydrogen) atoms. The summed E-state index contributed by atoms with van der Waals surface area (Å²) in [4.78, 5) is 0. The molecular formula is C14H27ClN2. The highest BCUT2D eigenvalue weighted by Gasteiger charge is 2.50. The summed E-state index contributed by atoms with van der Waals surface area (Å²) in [6, 6.07) is 0. The maximum atomic E-state index is 3.71. The lowest BCUT2D eigenvalue weighted by Gasteiger charge is -2.57. The van der Waals surface area contributed by atoms with E-state index >= 15 is 0 Å². The molecule has 2 nitrogen and oxygen atoms in total. The monoisotopic (exact) mass is 258 g/mol. The van der Waals surface area contributed by atoms with Gasteiger partial charge in [-0.25, -0.2) is 0 Å². The van der Waals surface area contributed by atoms with Crippen molar-refractivity contribution in [1.29, 1.82) is 0 Å². The van der Waals surface area contributed by atoms with Crippen molar-refractivity contribution in [2.75, 3.05) is 6.54 Å². The van der Waals surface area contributed by atoms with Gasteiger partial charge in [0.1, 0.15) is 0 Å². The van der Waals surface area contributed by atoms with E-state index in [0.717, 1.165) is 24.3 Å². The fourth-order valence-electron chi connectivity index (χ4n) is 4.78. The van der Waals surface area contributed by atoms with Crippen molar-refractivity contribution in [2.45, 2.75) is 63.8 Å². The Bertz CT molecular complexity index is 219. The van der Waals surface area contributed by atoms with Gasteiger partial charge < -0.3 is 0 Å². The summed E-state index contributed by atoms with van der Waals surface area (Å²) in [6.45, 7) is 3.39. The molecule has 0 aliphatic heterocycles. The maximum absolute atomic E-state index is 3.71. The number of halogens is 1. The van der Waals surface area contributed by atoms with E-state index in [1.54, 1.807) is 0 Å². The van der Waals surface area contributed by atoms with Gasteiger partial charge in [-0.05, 0) is 62.7 Å². The molecule has 0 aromatic carbocycles. The molecule has 0 aromatic heterocycles. The van der Waals surface area contributed by atoms with Gasteiger partial charge in [0.15, 0.2) is 0 Å². The highest BCUT2D eigenvalue weighted by atomic mass is 35.5. The van der Waals surface area contributed by atoms with Gasteiger partial charge in [-0.1, -0.05) is 13.3 Å². The number of rotatable bonds is 5. The van der Waals surface area contributed by atoms with Gasteiger partial charge >= 0.3 is 0 Å². The highest BCUT2D eigenvalue weighted by Crippen LogP contribution is 2.55. The summed E-state index contributed by atoms with van der Waals surface area (Å²) in [5.41, 5.74) is 7.69. The molecule has 0 unspecified atom stereocenters. The van der Waals surface area contributed by atoms with Crippen molar-refractivity contribution in [3.8, 4) is 0 Å². The molecule has 2 N–H and O–H groups in total. The molecule has 4 fully saturated rings. The maximum Gasteiger partial charge on any atom is 0.0331 e. The smallest absolute Gasteiger partial charge is 0.0331 e. The third-order valence-corrected chi connectivity index (χ3v) is 5.05. The van der Waals surface area contributed by atoms with Gasteiger partial charge in [0.2, 0.25) is 0 Å². The average Bonchev–Trinajstić information content (AvgIpc) is 2.22. The third kappa shape index (κ3) is 2.80. The molecule has 0 spiro atoms. The van der Waals surface area contributed by atoms with E-state index in [2.05, 4.69) is 17.8 Å². The summed E-state index contributed by atoms with van der Waals surface area (Å²) >= 11 is 0. The molecule has 4 aliphatic rings. The number of hydrogen-bond donors (Lipinski definition) is 2. The minimum absolute atomic E-state index is 0. The van der Waals surface area contributed by atoms with E-state index in [4.69, 9.17) is 0 Å². The van der Waals surface area contributed by atoms with E-state index in [1.165, 1.54) is 51.4 Å². The molecule has 0 heterocycles. The highest BCUT2D eigenvalue weighted by molar-refractivity contribution is 5.85. The Hall–Kier alpha value is 0.210. The fraction of sp³-hybridized carbons (Fsp3) is 1.00. The summed E-state index contributed by atoms with van der Waals surface area (Å²) < 4.78 is 0. The lowest BCUT2D eigenvalue weighted by Crippen LogP contribution is -2.62. The Morgan fingerprint density at radius 1 is 1.00 bits per heavy atom. The van der Waals surface area contributed by atoms with Crippen LogP contribution in [0.4, 0.5) is 0 Å². The van der Waals surface area contributed by atoms with Crippen molar-refractivity contribution in [1.82, 2.24) is 10.9 Å². The summed E-state index contributed by atoms with van der Waals surface area (Å²) in [5, 5.41) is 0. The zero-order valence-electron chi connectivity index (χ0n) is 11.0. The number of nitrogens with one attached hydrogen (secondary N) is 2. The van der Waals surface area contributed by atoms with E-state index in [1.807, 2.05) is 0 Å². The normalized spacial score (nSPS) is 42.5. The van der Waals surface area contributed by atoms with Crippen LogP contribution in [0.2, 0.25) is 0 Å². The van der Waals surface area contributed by atoms with Crippen molar-refractivity contribution in [3.63, 3.8) is 0 Å². The molecule has 0 saturated heterocycles. The zero-order valence-corrected chi connectivity index (χ0v) is 11.8. The Kier molecular flexibility index (Phi) is 4.38. The van der Waals surface area contributed by atoms with E-state index in [0.29, 0.717) is 5.54 Å². The van der Waals surface area contributed by atoms with Gasteiger partial charge in [-0.3, -0.25) is 10.9 Å². The Balaban J connectivity index is 0.00000108. The molecule has 3 heteroatoms. The number of unbranched alkanes of at least 4 members (excludes halogenated alkanes) is 1. The van der Waals surface area contributed by atoms with Crippen molar-refractivity contribution in [2.24, 2.45) is 17.8 Å². The second-order valence-corrected chi connectivity index (χ2v) is 6.60. The fourth-order valence-corrected chi connectivity index (χ4v) is 4.78. The minimum atomic E-state index is 0. The van der Waals surface area contributed by atoms with Crippen LogP contribution >= 0.6 is 12.4 Å². The molecule has 4 rings (SSSR count). The SMILES string of the molecule is CCCCNNC12CC3CC(CC(C3)C1)C2.Cl. The van der Waals surface area contributed by atoms with Gasteiger partial charge in [-0.15, -0.1) is 12.4 Å². The van der Waals surface area contributed by atoms with Crippen LogP contribution in [0.25, 0.3) is 0 Å². The predicted octanol–water partition coefficient (Wildman–Crippen LogP) is 3.27. The first-order chi connectivity index (χ1) is 7.80. The summed E-state index contributed by atoms with van der Waals surface area (Å²) in [5.74, 6) is 3.14. The van der Waals surface area contributed by atoms with Crippen LogP contribution in [0.5, 0.6) is 0 Å². The predicted molar refractivity (Wildman–Crippen MR) is 74.2 cm³/mol. The quantitative estimate of drug-likeness (QED) is 0.584. The molecule has 100 valence electrons. The molecule has 4 saturated carbocycles. The molecule has 0 radical (unpaired) electrons. The minimum Gasteiger partial charge on any atom is -0.257 e. The largest absolute Gasteiger partial charge is 0.257 e. The van der Waals surface area contributed by atoms with Crippen LogP contribution in [0.15, 0.2) is 0 Å². The lowest BCUT2D eigenvalue weighted by atomic mass is 9.53. The zero-order chi connectivity index (χ0) is 11.0. The Labute approximate surface area is 112 Å².